The molecule has 1 heterocycles. The van der Waals surface area contributed by atoms with E-state index in [9.17, 15) is 18.0 Å². The maximum atomic E-state index is 12.8. The van der Waals surface area contributed by atoms with E-state index in [2.05, 4.69) is 0 Å². The monoisotopic (exact) mass is 348 g/mol. The van der Waals surface area contributed by atoms with E-state index in [0.717, 1.165) is 4.31 Å². The van der Waals surface area contributed by atoms with Gasteiger partial charge in [-0.05, 0) is 18.2 Å². The summed E-state index contributed by atoms with van der Waals surface area (Å²) >= 11 is 0. The zero-order valence-electron chi connectivity index (χ0n) is 13.2. The lowest BCUT2D eigenvalue weighted by Crippen LogP contribution is -2.29. The Hall–Kier alpha value is -2.45. The number of carboxylic acid groups (broad SMARTS) is 1. The van der Waals surface area contributed by atoms with Gasteiger partial charge in [0.1, 0.15) is 0 Å². The molecule has 0 atom stereocenters. The summed E-state index contributed by atoms with van der Waals surface area (Å²) in [7, 11) is -0.873. The number of hydrogen-bond donors (Lipinski definition) is 1. The molecular formula is C16H16N2O5S. The molecule has 0 aliphatic carbocycles. The van der Waals surface area contributed by atoms with Crippen molar-refractivity contribution in [3.05, 3.63) is 35.9 Å². The van der Waals surface area contributed by atoms with Crippen molar-refractivity contribution in [3.63, 3.8) is 0 Å². The number of amides is 1. The third-order valence-corrected chi connectivity index (χ3v) is 6.12. The number of carbonyl (C=O) groups is 2. The van der Waals surface area contributed by atoms with Gasteiger partial charge in [0.05, 0.1) is 17.0 Å². The summed E-state index contributed by atoms with van der Waals surface area (Å²) < 4.78 is 26.6. The van der Waals surface area contributed by atoms with E-state index in [1.807, 2.05) is 0 Å². The fraction of sp³-hybridized carbons (Fsp3) is 0.250. The van der Waals surface area contributed by atoms with Crippen molar-refractivity contribution in [1.82, 2.24) is 4.31 Å². The zero-order chi connectivity index (χ0) is 17.6. The smallest absolute Gasteiger partial charge is 0.304 e. The Morgan fingerprint density at radius 2 is 1.96 bits per heavy atom. The van der Waals surface area contributed by atoms with Crippen LogP contribution >= 0.6 is 0 Å². The van der Waals surface area contributed by atoms with Gasteiger partial charge in [0.25, 0.3) is 5.91 Å². The molecule has 0 saturated heterocycles. The molecule has 0 radical (unpaired) electrons. The molecule has 7 nitrogen and oxygen atoms in total. The summed E-state index contributed by atoms with van der Waals surface area (Å²) in [4.78, 5) is 24.5. The Morgan fingerprint density at radius 1 is 1.25 bits per heavy atom. The van der Waals surface area contributed by atoms with Gasteiger partial charge >= 0.3 is 5.97 Å². The molecule has 1 aliphatic heterocycles. The van der Waals surface area contributed by atoms with Gasteiger partial charge in [0.15, 0.2) is 0 Å². The number of carbonyl (C=O) groups excluding carboxylic acids is 1. The number of nitrogens with zero attached hydrogens (tertiary/aromatic N) is 2. The standard InChI is InChI=1S/C16H16N2O5S/c1-17(9-8-14(19)20)24(22,23)13-7-6-12-15-10(13)4-3-5-11(15)16(21)18(12)2/h3-7H,8-9H2,1-2H3,(H,19,20). The Kier molecular flexibility index (Phi) is 3.81. The van der Waals surface area contributed by atoms with E-state index < -0.39 is 16.0 Å². The molecule has 1 aliphatic rings. The second-order valence-electron chi connectivity index (χ2n) is 5.65. The van der Waals surface area contributed by atoms with Crippen LogP contribution in [0.4, 0.5) is 5.69 Å². The molecule has 0 fully saturated rings. The number of sulfonamides is 1. The molecule has 0 spiro atoms. The van der Waals surface area contributed by atoms with Crippen molar-refractivity contribution in [1.29, 1.82) is 0 Å². The molecule has 0 saturated carbocycles. The predicted octanol–water partition coefficient (Wildman–Crippen LogP) is 1.52. The number of carboxylic acids is 1. The second kappa shape index (κ2) is 5.57. The number of aliphatic carboxylic acids is 1. The van der Waals surface area contributed by atoms with Gasteiger partial charge in [-0.3, -0.25) is 9.59 Å². The van der Waals surface area contributed by atoms with Crippen LogP contribution in [0.15, 0.2) is 35.2 Å². The number of hydrogen-bond acceptors (Lipinski definition) is 4. The van der Waals surface area contributed by atoms with Gasteiger partial charge in [0.2, 0.25) is 10.0 Å². The molecule has 2 aromatic rings. The van der Waals surface area contributed by atoms with E-state index >= 15 is 0 Å². The highest BCUT2D eigenvalue weighted by Crippen LogP contribution is 2.39. The molecule has 126 valence electrons. The summed E-state index contributed by atoms with van der Waals surface area (Å²) in [6.07, 6.45) is -0.280. The highest BCUT2D eigenvalue weighted by Gasteiger charge is 2.31. The van der Waals surface area contributed by atoms with Crippen molar-refractivity contribution in [2.45, 2.75) is 11.3 Å². The summed E-state index contributed by atoms with van der Waals surface area (Å²) in [6.45, 7) is -0.126. The van der Waals surface area contributed by atoms with Gasteiger partial charge in [-0.25, -0.2) is 12.7 Å². The summed E-state index contributed by atoms with van der Waals surface area (Å²) in [5.74, 6) is -1.24. The first-order valence-corrected chi connectivity index (χ1v) is 8.71. The highest BCUT2D eigenvalue weighted by molar-refractivity contribution is 7.89. The van der Waals surface area contributed by atoms with Gasteiger partial charge in [-0.1, -0.05) is 12.1 Å². The van der Waals surface area contributed by atoms with Gasteiger partial charge in [0, 0.05) is 37.0 Å². The third kappa shape index (κ3) is 2.35. The SMILES string of the molecule is CN1C(=O)c2cccc3c(S(=O)(=O)N(C)CCC(=O)O)ccc1c23. The second-order valence-corrected chi connectivity index (χ2v) is 7.66. The number of benzene rings is 2. The van der Waals surface area contributed by atoms with Crippen molar-refractivity contribution in [2.75, 3.05) is 25.5 Å². The van der Waals surface area contributed by atoms with Crippen LogP contribution < -0.4 is 4.90 Å². The largest absolute Gasteiger partial charge is 0.481 e. The van der Waals surface area contributed by atoms with E-state index in [-0.39, 0.29) is 23.8 Å². The van der Waals surface area contributed by atoms with Crippen LogP contribution in [-0.4, -0.2) is 50.3 Å². The Balaban J connectivity index is 2.16. The minimum Gasteiger partial charge on any atom is -0.481 e. The first kappa shape index (κ1) is 16.4. The first-order chi connectivity index (χ1) is 11.2. The molecule has 0 unspecified atom stereocenters. The molecule has 8 heteroatoms. The Labute approximate surface area is 139 Å². The maximum absolute atomic E-state index is 12.8. The fourth-order valence-corrected chi connectivity index (χ4v) is 4.23. The topological polar surface area (TPSA) is 95.0 Å². The van der Waals surface area contributed by atoms with Crippen LogP contribution in [0.2, 0.25) is 0 Å². The van der Waals surface area contributed by atoms with Crippen LogP contribution in [-0.2, 0) is 14.8 Å². The van der Waals surface area contributed by atoms with Crippen molar-refractivity contribution in [2.24, 2.45) is 0 Å². The lowest BCUT2D eigenvalue weighted by molar-refractivity contribution is -0.137. The summed E-state index contributed by atoms with van der Waals surface area (Å²) in [5, 5.41) is 9.82. The molecule has 2 aromatic carbocycles. The van der Waals surface area contributed by atoms with Crippen molar-refractivity contribution < 1.29 is 23.1 Å². The van der Waals surface area contributed by atoms with Crippen LogP contribution in [0.25, 0.3) is 10.8 Å². The van der Waals surface area contributed by atoms with Crippen molar-refractivity contribution in [3.8, 4) is 0 Å². The van der Waals surface area contributed by atoms with Crippen LogP contribution in [0.5, 0.6) is 0 Å². The zero-order valence-corrected chi connectivity index (χ0v) is 14.0. The summed E-state index contributed by atoms with van der Waals surface area (Å²) in [5.41, 5.74) is 1.13. The molecule has 24 heavy (non-hydrogen) atoms. The van der Waals surface area contributed by atoms with E-state index in [1.54, 1.807) is 31.3 Å². The molecule has 0 aromatic heterocycles. The molecule has 1 N–H and O–H groups in total. The Bertz CT molecular complexity index is 968. The average molecular weight is 348 g/mol. The minimum absolute atomic E-state index is 0.0686. The normalized spacial score (nSPS) is 14.0. The molecule has 3 rings (SSSR count). The molecule has 1 amide bonds. The first-order valence-electron chi connectivity index (χ1n) is 7.27. The fourth-order valence-electron chi connectivity index (χ4n) is 2.88. The minimum atomic E-state index is -3.86. The van der Waals surface area contributed by atoms with E-state index in [4.69, 9.17) is 5.11 Å². The lowest BCUT2D eigenvalue weighted by Gasteiger charge is -2.18. The van der Waals surface area contributed by atoms with Crippen LogP contribution in [0.3, 0.4) is 0 Å². The summed E-state index contributed by atoms with van der Waals surface area (Å²) in [6, 6.07) is 8.04. The van der Waals surface area contributed by atoms with Crippen LogP contribution in [0, 0.1) is 0 Å². The van der Waals surface area contributed by atoms with Crippen LogP contribution in [0.1, 0.15) is 16.8 Å². The number of rotatable bonds is 5. The van der Waals surface area contributed by atoms with E-state index in [0.29, 0.717) is 22.0 Å². The molecule has 0 bridgehead atoms. The predicted molar refractivity (Wildman–Crippen MR) is 88.8 cm³/mol. The Morgan fingerprint density at radius 3 is 2.62 bits per heavy atom. The lowest BCUT2D eigenvalue weighted by atomic mass is 10.1. The molecular weight excluding hydrogens is 332 g/mol. The average Bonchev–Trinajstić information content (AvgIpc) is 2.79. The third-order valence-electron chi connectivity index (χ3n) is 4.20. The number of anilines is 1. The maximum Gasteiger partial charge on any atom is 0.304 e. The van der Waals surface area contributed by atoms with Gasteiger partial charge in [-0.2, -0.15) is 0 Å². The van der Waals surface area contributed by atoms with E-state index in [1.165, 1.54) is 18.0 Å². The van der Waals surface area contributed by atoms with Gasteiger partial charge in [-0.15, -0.1) is 0 Å². The van der Waals surface area contributed by atoms with Gasteiger partial charge < -0.3 is 10.0 Å². The van der Waals surface area contributed by atoms with Crippen molar-refractivity contribution >= 4 is 38.4 Å². The quantitative estimate of drug-likeness (QED) is 0.884. The highest BCUT2D eigenvalue weighted by atomic mass is 32.2.